The van der Waals surface area contributed by atoms with E-state index in [0.29, 0.717) is 12.1 Å². The molecule has 0 bridgehead atoms. The smallest absolute Gasteiger partial charge is 0.287 e. The topological polar surface area (TPSA) is 96.1 Å². The number of aromatic amines is 1. The van der Waals surface area contributed by atoms with Crippen LogP contribution in [-0.4, -0.2) is 29.1 Å². The fraction of sp³-hybridized carbons (Fsp3) is 0.150. The van der Waals surface area contributed by atoms with Gasteiger partial charge in [0.25, 0.3) is 5.91 Å². The Bertz CT molecular complexity index is 904. The zero-order valence-electron chi connectivity index (χ0n) is 14.9. The van der Waals surface area contributed by atoms with Gasteiger partial charge < -0.3 is 4.74 Å². The summed E-state index contributed by atoms with van der Waals surface area (Å²) in [5.74, 6) is 0.0166. The Balaban J connectivity index is 1.50. The molecule has 0 saturated carbocycles. The number of nitrogens with zero attached hydrogens (tertiary/aromatic N) is 1. The van der Waals surface area contributed by atoms with E-state index in [4.69, 9.17) is 4.74 Å². The Morgan fingerprint density at radius 2 is 1.78 bits per heavy atom. The van der Waals surface area contributed by atoms with Crippen molar-refractivity contribution in [2.45, 2.75) is 12.8 Å². The van der Waals surface area contributed by atoms with Crippen molar-refractivity contribution < 1.29 is 14.3 Å². The summed E-state index contributed by atoms with van der Waals surface area (Å²) in [7, 11) is 1.60. The Hall–Kier alpha value is -3.61. The molecular weight excluding hydrogens is 344 g/mol. The molecule has 0 fully saturated rings. The third kappa shape index (κ3) is 4.94. The largest absolute Gasteiger partial charge is 0.497 e. The van der Waals surface area contributed by atoms with Crippen LogP contribution in [0, 0.1) is 0 Å². The molecule has 0 radical (unpaired) electrons. The maximum absolute atomic E-state index is 12.2. The van der Waals surface area contributed by atoms with Crippen LogP contribution in [0.4, 0.5) is 0 Å². The fourth-order valence-corrected chi connectivity index (χ4v) is 2.51. The van der Waals surface area contributed by atoms with Crippen LogP contribution in [0.2, 0.25) is 0 Å². The van der Waals surface area contributed by atoms with E-state index in [1.54, 1.807) is 13.2 Å². The van der Waals surface area contributed by atoms with E-state index < -0.39 is 5.91 Å². The first-order valence-corrected chi connectivity index (χ1v) is 8.48. The second-order valence-electron chi connectivity index (χ2n) is 5.88. The van der Waals surface area contributed by atoms with Crippen molar-refractivity contribution in [3.8, 4) is 17.0 Å². The number of aromatic nitrogens is 2. The second kappa shape index (κ2) is 8.66. The molecule has 0 saturated heterocycles. The predicted octanol–water partition coefficient (Wildman–Crippen LogP) is 2.48. The van der Waals surface area contributed by atoms with Gasteiger partial charge in [0.05, 0.1) is 12.8 Å². The maximum atomic E-state index is 12.2. The van der Waals surface area contributed by atoms with Crippen LogP contribution in [0.3, 0.4) is 0 Å². The molecule has 0 aliphatic carbocycles. The van der Waals surface area contributed by atoms with E-state index in [9.17, 15) is 9.59 Å². The van der Waals surface area contributed by atoms with Crippen molar-refractivity contribution >= 4 is 11.8 Å². The first-order chi connectivity index (χ1) is 13.2. The number of hydrogen-bond acceptors (Lipinski definition) is 4. The van der Waals surface area contributed by atoms with Gasteiger partial charge in [0.2, 0.25) is 5.91 Å². The van der Waals surface area contributed by atoms with Crippen LogP contribution in [0.1, 0.15) is 22.5 Å². The van der Waals surface area contributed by atoms with E-state index in [2.05, 4.69) is 21.0 Å². The number of hydrazine groups is 1. The van der Waals surface area contributed by atoms with Gasteiger partial charge in [-0.1, -0.05) is 30.3 Å². The lowest BCUT2D eigenvalue weighted by molar-refractivity contribution is -0.121. The SMILES string of the molecule is COc1ccc(-c2cc(C(=O)NNC(=O)CCc3ccccc3)[nH]n2)cc1. The lowest BCUT2D eigenvalue weighted by Gasteiger charge is -2.06. The minimum atomic E-state index is -0.463. The van der Waals surface area contributed by atoms with Crippen molar-refractivity contribution in [1.29, 1.82) is 0 Å². The summed E-state index contributed by atoms with van der Waals surface area (Å²) in [4.78, 5) is 24.0. The van der Waals surface area contributed by atoms with Crippen molar-refractivity contribution in [1.82, 2.24) is 21.0 Å². The molecule has 0 aliphatic rings. The summed E-state index contributed by atoms with van der Waals surface area (Å²) in [5, 5.41) is 6.80. The molecular formula is C20H20N4O3. The molecule has 3 N–H and O–H groups in total. The standard InChI is InChI=1S/C20H20N4O3/c1-27-16-10-8-15(9-11-16)17-13-18(22-21-17)20(26)24-23-19(25)12-7-14-5-3-2-4-6-14/h2-6,8-11,13H,7,12H2,1H3,(H,21,22)(H,23,25)(H,24,26). The Labute approximate surface area is 156 Å². The lowest BCUT2D eigenvalue weighted by Crippen LogP contribution is -2.41. The van der Waals surface area contributed by atoms with Crippen LogP contribution in [0.25, 0.3) is 11.3 Å². The predicted molar refractivity (Wildman–Crippen MR) is 101 cm³/mol. The van der Waals surface area contributed by atoms with Gasteiger partial charge in [0.1, 0.15) is 11.4 Å². The summed E-state index contributed by atoms with van der Waals surface area (Å²) < 4.78 is 5.12. The zero-order valence-corrected chi connectivity index (χ0v) is 14.9. The number of amides is 2. The van der Waals surface area contributed by atoms with Crippen molar-refractivity contribution in [2.24, 2.45) is 0 Å². The van der Waals surface area contributed by atoms with Gasteiger partial charge in [-0.15, -0.1) is 0 Å². The van der Waals surface area contributed by atoms with Gasteiger partial charge in [0.15, 0.2) is 0 Å². The normalized spacial score (nSPS) is 10.3. The van der Waals surface area contributed by atoms with Gasteiger partial charge in [-0.2, -0.15) is 5.10 Å². The quantitative estimate of drug-likeness (QED) is 0.586. The number of carbonyl (C=O) groups excluding carboxylic acids is 2. The monoisotopic (exact) mass is 364 g/mol. The molecule has 27 heavy (non-hydrogen) atoms. The Morgan fingerprint density at radius 3 is 2.48 bits per heavy atom. The maximum Gasteiger partial charge on any atom is 0.287 e. The average molecular weight is 364 g/mol. The highest BCUT2D eigenvalue weighted by atomic mass is 16.5. The summed E-state index contributed by atoms with van der Waals surface area (Å²) >= 11 is 0. The average Bonchev–Trinajstić information content (AvgIpc) is 3.21. The van der Waals surface area contributed by atoms with Crippen molar-refractivity contribution in [3.63, 3.8) is 0 Å². The van der Waals surface area contributed by atoms with E-state index in [-0.39, 0.29) is 18.0 Å². The van der Waals surface area contributed by atoms with Crippen LogP contribution in [-0.2, 0) is 11.2 Å². The highest BCUT2D eigenvalue weighted by molar-refractivity contribution is 5.94. The summed E-state index contributed by atoms with van der Waals surface area (Å²) in [5.41, 5.74) is 7.59. The molecule has 3 aromatic rings. The van der Waals surface area contributed by atoms with Crippen molar-refractivity contribution in [3.05, 3.63) is 71.9 Å². The highest BCUT2D eigenvalue weighted by Crippen LogP contribution is 2.21. The molecule has 0 aliphatic heterocycles. The van der Waals surface area contributed by atoms with Crippen LogP contribution in [0.15, 0.2) is 60.7 Å². The fourth-order valence-electron chi connectivity index (χ4n) is 2.51. The molecule has 1 heterocycles. The number of carbonyl (C=O) groups is 2. The molecule has 0 atom stereocenters. The van der Waals surface area contributed by atoms with E-state index >= 15 is 0 Å². The Kier molecular flexibility index (Phi) is 5.84. The van der Waals surface area contributed by atoms with E-state index in [0.717, 1.165) is 16.9 Å². The molecule has 1 aromatic heterocycles. The first kappa shape index (κ1) is 18.2. The number of aryl methyl sites for hydroxylation is 1. The summed E-state index contributed by atoms with van der Waals surface area (Å²) in [6.45, 7) is 0. The van der Waals surface area contributed by atoms with Gasteiger partial charge in [-0.25, -0.2) is 0 Å². The number of rotatable bonds is 6. The second-order valence-corrected chi connectivity index (χ2v) is 5.88. The minimum absolute atomic E-state index is 0.254. The third-order valence-electron chi connectivity index (χ3n) is 4.01. The first-order valence-electron chi connectivity index (χ1n) is 8.48. The van der Waals surface area contributed by atoms with Gasteiger partial charge in [-0.05, 0) is 42.3 Å². The number of hydrogen-bond donors (Lipinski definition) is 3. The van der Waals surface area contributed by atoms with E-state index in [1.807, 2.05) is 54.6 Å². The molecule has 7 heteroatoms. The molecule has 2 amide bonds. The molecule has 0 unspecified atom stereocenters. The summed E-state index contributed by atoms with van der Waals surface area (Å²) in [6.07, 6.45) is 0.887. The molecule has 3 rings (SSSR count). The number of benzene rings is 2. The highest BCUT2D eigenvalue weighted by Gasteiger charge is 2.12. The van der Waals surface area contributed by atoms with Gasteiger partial charge in [0, 0.05) is 12.0 Å². The van der Waals surface area contributed by atoms with Crippen LogP contribution in [0.5, 0.6) is 5.75 Å². The van der Waals surface area contributed by atoms with Crippen LogP contribution < -0.4 is 15.6 Å². The lowest BCUT2D eigenvalue weighted by atomic mass is 10.1. The number of nitrogens with one attached hydrogen (secondary N) is 3. The minimum Gasteiger partial charge on any atom is -0.497 e. The molecule has 2 aromatic carbocycles. The van der Waals surface area contributed by atoms with E-state index in [1.165, 1.54) is 0 Å². The number of methoxy groups -OCH3 is 1. The van der Waals surface area contributed by atoms with Crippen molar-refractivity contribution in [2.75, 3.05) is 7.11 Å². The Morgan fingerprint density at radius 1 is 1.04 bits per heavy atom. The van der Waals surface area contributed by atoms with Gasteiger partial charge in [-0.3, -0.25) is 25.5 Å². The van der Waals surface area contributed by atoms with Crippen LogP contribution >= 0.6 is 0 Å². The third-order valence-corrected chi connectivity index (χ3v) is 4.01. The molecule has 0 spiro atoms. The number of H-pyrrole nitrogens is 1. The molecule has 7 nitrogen and oxygen atoms in total. The van der Waals surface area contributed by atoms with Gasteiger partial charge >= 0.3 is 0 Å². The molecule has 138 valence electrons. The zero-order chi connectivity index (χ0) is 19.1. The number of ether oxygens (including phenoxy) is 1. The summed E-state index contributed by atoms with van der Waals surface area (Å²) in [6, 6.07) is 18.6.